The van der Waals surface area contributed by atoms with Gasteiger partial charge in [0.25, 0.3) is 0 Å². The van der Waals surface area contributed by atoms with Crippen molar-refractivity contribution in [1.29, 1.82) is 0 Å². The number of allylic oxidation sites excluding steroid dienone is 1. The second kappa shape index (κ2) is 2.44. The lowest BCUT2D eigenvalue weighted by Gasteiger charge is -2.32. The molecule has 0 amide bonds. The van der Waals surface area contributed by atoms with Crippen LogP contribution in [0.2, 0.25) is 0 Å². The summed E-state index contributed by atoms with van der Waals surface area (Å²) in [6.07, 6.45) is 7.19. The molecule has 0 aromatic carbocycles. The second-order valence-corrected chi connectivity index (χ2v) is 3.30. The van der Waals surface area contributed by atoms with Crippen molar-refractivity contribution in [3.63, 3.8) is 0 Å². The van der Waals surface area contributed by atoms with Crippen LogP contribution in [-0.2, 0) is 14.3 Å². The highest BCUT2D eigenvalue weighted by Gasteiger charge is 2.56. The fourth-order valence-electron chi connectivity index (χ4n) is 1.68. The minimum Gasteiger partial charge on any atom is -0.391 e. The number of hydrogen-bond donors (Lipinski definition) is 0. The van der Waals surface area contributed by atoms with Crippen LogP contribution in [-0.4, -0.2) is 11.9 Å². The van der Waals surface area contributed by atoms with Crippen molar-refractivity contribution in [1.82, 2.24) is 0 Å². The largest absolute Gasteiger partial charge is 0.391 e. The summed E-state index contributed by atoms with van der Waals surface area (Å²) in [5.74, 6) is -0.740. The Bertz CT molecular complexity index is 251. The summed E-state index contributed by atoms with van der Waals surface area (Å²) in [5.41, 5.74) is -0.878. The molecule has 1 fully saturated rings. The van der Waals surface area contributed by atoms with Gasteiger partial charge in [-0.15, -0.1) is 0 Å². The summed E-state index contributed by atoms with van der Waals surface area (Å²) in [6, 6.07) is 0. The average molecular weight is 166 g/mol. The molecule has 0 unspecified atom stereocenters. The van der Waals surface area contributed by atoms with E-state index in [-0.39, 0.29) is 11.9 Å². The van der Waals surface area contributed by atoms with Crippen LogP contribution in [0.25, 0.3) is 0 Å². The van der Waals surface area contributed by atoms with Crippen LogP contribution in [0, 0.1) is 5.41 Å². The maximum absolute atomic E-state index is 11.1. The number of rotatable bonds is 0. The van der Waals surface area contributed by atoms with Crippen LogP contribution in [0.3, 0.4) is 0 Å². The zero-order valence-corrected chi connectivity index (χ0v) is 6.71. The van der Waals surface area contributed by atoms with Crippen molar-refractivity contribution >= 4 is 11.9 Å². The third kappa shape index (κ3) is 0.823. The zero-order chi connectivity index (χ0) is 8.60. The maximum atomic E-state index is 11.1. The molecular weight excluding hydrogens is 156 g/mol. The predicted octanol–water partition coefficient (Wildman–Crippen LogP) is 1.19. The van der Waals surface area contributed by atoms with Crippen LogP contribution in [0.15, 0.2) is 12.2 Å². The Kier molecular flexibility index (Phi) is 1.53. The van der Waals surface area contributed by atoms with Gasteiger partial charge in [-0.3, -0.25) is 0 Å². The highest BCUT2D eigenvalue weighted by Crippen LogP contribution is 2.39. The van der Waals surface area contributed by atoms with Gasteiger partial charge in [-0.05, 0) is 19.3 Å². The number of esters is 2. The van der Waals surface area contributed by atoms with Gasteiger partial charge in [-0.25, -0.2) is 9.59 Å². The minimum absolute atomic E-state index is 0.370. The lowest BCUT2D eigenvalue weighted by Crippen LogP contribution is -2.51. The molecule has 2 rings (SSSR count). The van der Waals surface area contributed by atoms with Gasteiger partial charge in [0.15, 0.2) is 5.41 Å². The van der Waals surface area contributed by atoms with Gasteiger partial charge >= 0.3 is 11.9 Å². The first-order valence-electron chi connectivity index (χ1n) is 4.20. The van der Waals surface area contributed by atoms with Crippen LogP contribution in [0.4, 0.5) is 0 Å². The molecule has 1 heterocycles. The Balaban J connectivity index is 2.27. The molecule has 0 aromatic rings. The summed E-state index contributed by atoms with van der Waals surface area (Å²) in [6.45, 7) is 0. The third-order valence-electron chi connectivity index (χ3n) is 2.51. The fraction of sp³-hybridized carbons (Fsp3) is 0.556. The number of carbonyl (C=O) groups is 2. The third-order valence-corrected chi connectivity index (χ3v) is 2.51. The highest BCUT2D eigenvalue weighted by atomic mass is 16.6. The SMILES string of the molecule is O=C1OC(=O)C12C=CCCCC2. The number of ether oxygens (including phenoxy) is 1. The minimum atomic E-state index is -0.878. The second-order valence-electron chi connectivity index (χ2n) is 3.30. The molecule has 2 aliphatic rings. The summed E-state index contributed by atoms with van der Waals surface area (Å²) in [7, 11) is 0. The quantitative estimate of drug-likeness (QED) is 0.308. The maximum Gasteiger partial charge on any atom is 0.335 e. The summed E-state index contributed by atoms with van der Waals surface area (Å²) >= 11 is 0. The topological polar surface area (TPSA) is 43.4 Å². The molecule has 0 N–H and O–H groups in total. The molecule has 0 radical (unpaired) electrons. The highest BCUT2D eigenvalue weighted by molar-refractivity contribution is 6.15. The lowest BCUT2D eigenvalue weighted by molar-refractivity contribution is -0.192. The van der Waals surface area contributed by atoms with Crippen molar-refractivity contribution in [2.75, 3.05) is 0 Å². The van der Waals surface area contributed by atoms with E-state index >= 15 is 0 Å². The standard InChI is InChI=1S/C9H10O3/c10-7-9(8(11)12-7)5-3-1-2-4-6-9/h3,5H,1-2,4,6H2. The van der Waals surface area contributed by atoms with E-state index in [2.05, 4.69) is 4.74 Å². The normalized spacial score (nSPS) is 26.3. The van der Waals surface area contributed by atoms with Gasteiger partial charge in [0, 0.05) is 0 Å². The first-order chi connectivity index (χ1) is 5.76. The molecular formula is C9H10O3. The molecule has 1 saturated heterocycles. The Labute approximate surface area is 70.4 Å². The summed E-state index contributed by atoms with van der Waals surface area (Å²) < 4.78 is 4.36. The molecule has 0 atom stereocenters. The first kappa shape index (κ1) is 7.53. The molecule has 3 heteroatoms. The van der Waals surface area contributed by atoms with Gasteiger partial charge in [0.1, 0.15) is 0 Å². The van der Waals surface area contributed by atoms with Crippen LogP contribution in [0.1, 0.15) is 25.7 Å². The fourth-order valence-corrected chi connectivity index (χ4v) is 1.68. The van der Waals surface area contributed by atoms with E-state index in [9.17, 15) is 9.59 Å². The summed E-state index contributed by atoms with van der Waals surface area (Å²) in [5, 5.41) is 0. The number of hydrogen-bond acceptors (Lipinski definition) is 3. The van der Waals surface area contributed by atoms with Gasteiger partial charge in [0.2, 0.25) is 0 Å². The van der Waals surface area contributed by atoms with Gasteiger partial charge in [-0.2, -0.15) is 0 Å². The van der Waals surface area contributed by atoms with Crippen molar-refractivity contribution in [2.24, 2.45) is 5.41 Å². The lowest BCUT2D eigenvalue weighted by atomic mass is 9.80. The Hall–Kier alpha value is -1.12. The van der Waals surface area contributed by atoms with E-state index in [1.54, 1.807) is 6.08 Å². The van der Waals surface area contributed by atoms with E-state index in [4.69, 9.17) is 0 Å². The predicted molar refractivity (Wildman–Crippen MR) is 41.1 cm³/mol. The van der Waals surface area contributed by atoms with Gasteiger partial charge in [-0.1, -0.05) is 18.6 Å². The molecule has 12 heavy (non-hydrogen) atoms. The Morgan fingerprint density at radius 1 is 1.25 bits per heavy atom. The van der Waals surface area contributed by atoms with E-state index in [1.807, 2.05) is 6.08 Å². The smallest absolute Gasteiger partial charge is 0.335 e. The van der Waals surface area contributed by atoms with E-state index in [0.717, 1.165) is 19.3 Å². The van der Waals surface area contributed by atoms with Crippen molar-refractivity contribution < 1.29 is 14.3 Å². The number of carbonyl (C=O) groups excluding carboxylic acids is 2. The Morgan fingerprint density at radius 2 is 2.00 bits per heavy atom. The molecule has 1 spiro atoms. The summed E-state index contributed by atoms with van der Waals surface area (Å²) in [4.78, 5) is 22.2. The number of cyclic esters (lactones) is 2. The first-order valence-corrected chi connectivity index (χ1v) is 4.20. The zero-order valence-electron chi connectivity index (χ0n) is 6.71. The van der Waals surface area contributed by atoms with Gasteiger partial charge in [0.05, 0.1) is 0 Å². The monoisotopic (exact) mass is 166 g/mol. The average Bonchev–Trinajstić information content (AvgIpc) is 2.31. The molecule has 64 valence electrons. The van der Waals surface area contributed by atoms with Crippen molar-refractivity contribution in [2.45, 2.75) is 25.7 Å². The molecule has 1 aliphatic heterocycles. The van der Waals surface area contributed by atoms with Crippen LogP contribution < -0.4 is 0 Å². The van der Waals surface area contributed by atoms with Crippen molar-refractivity contribution in [3.8, 4) is 0 Å². The van der Waals surface area contributed by atoms with E-state index < -0.39 is 5.41 Å². The van der Waals surface area contributed by atoms with Crippen LogP contribution >= 0.6 is 0 Å². The molecule has 0 aromatic heterocycles. The van der Waals surface area contributed by atoms with E-state index in [1.165, 1.54) is 0 Å². The van der Waals surface area contributed by atoms with Gasteiger partial charge < -0.3 is 4.74 Å². The van der Waals surface area contributed by atoms with E-state index in [0.29, 0.717) is 6.42 Å². The van der Waals surface area contributed by atoms with Crippen LogP contribution in [0.5, 0.6) is 0 Å². The molecule has 3 nitrogen and oxygen atoms in total. The van der Waals surface area contributed by atoms with Crippen molar-refractivity contribution in [3.05, 3.63) is 12.2 Å². The molecule has 1 aliphatic carbocycles. The Morgan fingerprint density at radius 3 is 2.67 bits per heavy atom. The molecule has 0 saturated carbocycles. The molecule has 0 bridgehead atoms.